The van der Waals surface area contributed by atoms with E-state index in [-0.39, 0.29) is 11.8 Å². The zero-order valence-corrected chi connectivity index (χ0v) is 7.85. The molecule has 0 aromatic carbocycles. The van der Waals surface area contributed by atoms with Crippen LogP contribution in [-0.4, -0.2) is 37.1 Å². The first-order chi connectivity index (χ1) is 4.78. The first-order valence-corrected chi connectivity index (χ1v) is 5.11. The van der Waals surface area contributed by atoms with Crippen molar-refractivity contribution in [3.8, 4) is 0 Å². The Morgan fingerprint density at radius 2 is 2.00 bits per heavy atom. The lowest BCUT2D eigenvalue weighted by Crippen LogP contribution is -2.47. The molecule has 4 nitrogen and oxygen atoms in total. The molecule has 0 radical (unpaired) electrons. The number of hydrogen-bond acceptors (Lipinski definition) is 3. The molecule has 0 aliphatic carbocycles. The van der Waals surface area contributed by atoms with Crippen LogP contribution >= 0.6 is 0 Å². The summed E-state index contributed by atoms with van der Waals surface area (Å²) in [6.07, 6.45) is 0. The normalized spacial score (nSPS) is 35.8. The van der Waals surface area contributed by atoms with Crippen molar-refractivity contribution in [2.24, 2.45) is 5.73 Å². The van der Waals surface area contributed by atoms with Gasteiger partial charge in [-0.3, -0.25) is 0 Å². The smallest absolute Gasteiger partial charge is 0.215 e. The molecule has 0 spiro atoms. The molecular weight excluding hydrogens is 164 g/mol. The monoisotopic (exact) mass is 178 g/mol. The van der Waals surface area contributed by atoms with E-state index in [2.05, 4.69) is 0 Å². The number of nitrogens with two attached hydrogens (primary N) is 1. The molecule has 0 saturated carbocycles. The Morgan fingerprint density at radius 3 is 2.09 bits per heavy atom. The van der Waals surface area contributed by atoms with Gasteiger partial charge in [-0.2, -0.15) is 4.31 Å². The molecule has 1 rings (SSSR count). The number of hydrogen-bond donors (Lipinski definition) is 1. The maximum atomic E-state index is 11.2. The predicted molar refractivity (Wildman–Crippen MR) is 43.6 cm³/mol. The van der Waals surface area contributed by atoms with Crippen LogP contribution in [0, 0.1) is 0 Å². The van der Waals surface area contributed by atoms with E-state index in [4.69, 9.17) is 5.73 Å². The van der Waals surface area contributed by atoms with Crippen molar-refractivity contribution in [2.75, 3.05) is 12.8 Å². The van der Waals surface area contributed by atoms with Gasteiger partial charge >= 0.3 is 0 Å². The van der Waals surface area contributed by atoms with Crippen LogP contribution < -0.4 is 5.73 Å². The Labute approximate surface area is 67.4 Å². The molecule has 1 aliphatic heterocycles. The number of nitrogens with zero attached hydrogens (tertiary/aromatic N) is 1. The molecule has 1 heterocycles. The average Bonchev–Trinajstić information content (AvgIpc) is 1.94. The number of rotatable bonds is 0. The average molecular weight is 178 g/mol. The summed E-state index contributed by atoms with van der Waals surface area (Å²) in [6.45, 7) is 3.67. The van der Waals surface area contributed by atoms with Gasteiger partial charge in [0.15, 0.2) is 0 Å². The van der Waals surface area contributed by atoms with Crippen molar-refractivity contribution in [2.45, 2.75) is 25.4 Å². The Kier molecular flexibility index (Phi) is 1.78. The minimum atomic E-state index is -3.07. The largest absolute Gasteiger partial charge is 0.325 e. The quantitative estimate of drug-likeness (QED) is 0.537. The van der Waals surface area contributed by atoms with E-state index in [1.807, 2.05) is 13.8 Å². The molecule has 0 amide bonds. The number of likely N-dealkylation sites (N-methyl/N-ethyl adjacent to an activating group) is 1. The molecular formula is C6H14N2O2S. The van der Waals surface area contributed by atoms with Crippen molar-refractivity contribution >= 4 is 10.0 Å². The van der Waals surface area contributed by atoms with Crippen molar-refractivity contribution < 1.29 is 8.42 Å². The van der Waals surface area contributed by atoms with E-state index >= 15 is 0 Å². The highest BCUT2D eigenvalue weighted by molar-refractivity contribution is 7.89. The third-order valence-electron chi connectivity index (χ3n) is 2.53. The highest BCUT2D eigenvalue weighted by atomic mass is 32.2. The van der Waals surface area contributed by atoms with E-state index in [0.29, 0.717) is 0 Å². The van der Waals surface area contributed by atoms with Crippen LogP contribution in [0.4, 0.5) is 0 Å². The fourth-order valence-electron chi connectivity index (χ4n) is 1.13. The molecule has 11 heavy (non-hydrogen) atoms. The topological polar surface area (TPSA) is 63.4 Å². The van der Waals surface area contributed by atoms with E-state index < -0.39 is 15.6 Å². The van der Waals surface area contributed by atoms with Crippen LogP contribution in [0.3, 0.4) is 0 Å². The summed E-state index contributed by atoms with van der Waals surface area (Å²) in [5.41, 5.74) is 5.23. The van der Waals surface area contributed by atoms with Gasteiger partial charge in [0, 0.05) is 18.6 Å². The lowest BCUT2D eigenvalue weighted by molar-refractivity contribution is 0.262. The predicted octanol–water partition coefficient (Wildman–Crippen LogP) is -0.632. The van der Waals surface area contributed by atoms with Crippen LogP contribution in [-0.2, 0) is 10.0 Å². The zero-order valence-electron chi connectivity index (χ0n) is 7.03. The third kappa shape index (κ3) is 1.17. The highest BCUT2D eigenvalue weighted by Gasteiger charge is 2.46. The fraction of sp³-hybridized carbons (Fsp3) is 1.00. The van der Waals surface area contributed by atoms with Crippen LogP contribution in [0.2, 0.25) is 0 Å². The Morgan fingerprint density at radius 1 is 1.55 bits per heavy atom. The lowest BCUT2D eigenvalue weighted by atomic mass is 9.98. The molecule has 1 unspecified atom stereocenters. The van der Waals surface area contributed by atoms with Crippen molar-refractivity contribution in [1.82, 2.24) is 4.31 Å². The van der Waals surface area contributed by atoms with Crippen molar-refractivity contribution in [3.63, 3.8) is 0 Å². The molecule has 1 atom stereocenters. The molecule has 0 aromatic heterocycles. The Bertz CT molecular complexity index is 258. The molecule has 1 fully saturated rings. The van der Waals surface area contributed by atoms with Crippen LogP contribution in [0.1, 0.15) is 13.8 Å². The van der Waals surface area contributed by atoms with Gasteiger partial charge in [0.2, 0.25) is 10.0 Å². The summed E-state index contributed by atoms with van der Waals surface area (Å²) >= 11 is 0. The van der Waals surface area contributed by atoms with Crippen LogP contribution in [0.15, 0.2) is 0 Å². The second-order valence-electron chi connectivity index (χ2n) is 3.51. The molecule has 0 aromatic rings. The van der Waals surface area contributed by atoms with Gasteiger partial charge in [-0.1, -0.05) is 0 Å². The molecule has 5 heteroatoms. The standard InChI is InChI=1S/C6H14N2O2S/c1-6(2)5(7)4-11(9,10)8(6)3/h5H,4,7H2,1-3H3. The summed E-state index contributed by atoms with van der Waals surface area (Å²) < 4.78 is 23.8. The number of sulfonamides is 1. The highest BCUT2D eigenvalue weighted by Crippen LogP contribution is 2.27. The van der Waals surface area contributed by atoms with Crippen molar-refractivity contribution in [3.05, 3.63) is 0 Å². The van der Waals surface area contributed by atoms with Crippen LogP contribution in [0.25, 0.3) is 0 Å². The van der Waals surface area contributed by atoms with Gasteiger partial charge in [0.05, 0.1) is 5.75 Å². The molecule has 66 valence electrons. The second kappa shape index (κ2) is 2.18. The van der Waals surface area contributed by atoms with Gasteiger partial charge in [-0.15, -0.1) is 0 Å². The summed E-state index contributed by atoms with van der Waals surface area (Å²) in [6, 6.07) is -0.280. The molecule has 1 saturated heterocycles. The Balaban J connectivity index is 3.09. The van der Waals surface area contributed by atoms with Crippen LogP contribution in [0.5, 0.6) is 0 Å². The van der Waals surface area contributed by atoms with E-state index in [0.717, 1.165) is 0 Å². The van der Waals surface area contributed by atoms with E-state index in [1.54, 1.807) is 7.05 Å². The van der Waals surface area contributed by atoms with Gasteiger partial charge in [-0.25, -0.2) is 8.42 Å². The SMILES string of the molecule is CN1C(C)(C)C(N)CS1(=O)=O. The molecule has 2 N–H and O–H groups in total. The van der Waals surface area contributed by atoms with Gasteiger partial charge in [0.1, 0.15) is 0 Å². The lowest BCUT2D eigenvalue weighted by Gasteiger charge is -2.28. The maximum Gasteiger partial charge on any atom is 0.215 e. The van der Waals surface area contributed by atoms with E-state index in [9.17, 15) is 8.42 Å². The summed E-state index contributed by atoms with van der Waals surface area (Å²) in [5.74, 6) is 0.0660. The van der Waals surface area contributed by atoms with Gasteiger partial charge in [-0.05, 0) is 13.8 Å². The first kappa shape index (κ1) is 8.96. The fourth-order valence-corrected chi connectivity index (χ4v) is 3.07. The minimum Gasteiger partial charge on any atom is -0.325 e. The third-order valence-corrected chi connectivity index (χ3v) is 4.61. The van der Waals surface area contributed by atoms with Crippen molar-refractivity contribution in [1.29, 1.82) is 0 Å². The molecule has 0 bridgehead atoms. The summed E-state index contributed by atoms with van der Waals surface area (Å²) in [7, 11) is -1.50. The zero-order chi connectivity index (χ0) is 8.86. The van der Waals surface area contributed by atoms with E-state index in [1.165, 1.54) is 4.31 Å². The van der Waals surface area contributed by atoms with Gasteiger partial charge in [0.25, 0.3) is 0 Å². The summed E-state index contributed by atoms with van der Waals surface area (Å²) in [5, 5.41) is 0. The first-order valence-electron chi connectivity index (χ1n) is 3.51. The maximum absolute atomic E-state index is 11.2. The van der Waals surface area contributed by atoms with Gasteiger partial charge < -0.3 is 5.73 Å². The summed E-state index contributed by atoms with van der Waals surface area (Å²) in [4.78, 5) is 0. The minimum absolute atomic E-state index is 0.0660. The Hall–Kier alpha value is -0.130. The second-order valence-corrected chi connectivity index (χ2v) is 5.55. The molecule has 1 aliphatic rings.